The van der Waals surface area contributed by atoms with Gasteiger partial charge in [0.15, 0.2) is 16.8 Å². The number of aryl methyl sites for hydroxylation is 1. The van der Waals surface area contributed by atoms with Gasteiger partial charge in [-0.2, -0.15) is 18.4 Å². The van der Waals surface area contributed by atoms with Crippen molar-refractivity contribution in [2.45, 2.75) is 64.2 Å². The predicted molar refractivity (Wildman–Crippen MR) is 158 cm³/mol. The molecule has 0 aliphatic heterocycles. The molecular formula is C32H33F5N4S. The summed E-state index contributed by atoms with van der Waals surface area (Å²) >= 11 is 1.31. The second-order valence-corrected chi connectivity index (χ2v) is 11.1. The van der Waals surface area contributed by atoms with E-state index in [4.69, 9.17) is 0 Å². The van der Waals surface area contributed by atoms with Gasteiger partial charge in [-0.15, -0.1) is 0 Å². The van der Waals surface area contributed by atoms with E-state index in [1.165, 1.54) is 42.4 Å². The standard InChI is InChI=1S/C32H33F5N4S/c1-6-7-14-31(4,15-13-22-9-8-10-27(33)29(22)34)26(17-38)20(2)21(3)41-28-12-11-24(32(35,36)37)16-25(28)23-18-39-30(42-5)40-19-23/h8-12,16,18-19,41H,3,6-7,13-15H2,1-2,4-5H3/b26-20+. The molecule has 0 amide bonds. The lowest BCUT2D eigenvalue weighted by Gasteiger charge is -2.31. The lowest BCUT2D eigenvalue weighted by Crippen LogP contribution is -2.22. The summed E-state index contributed by atoms with van der Waals surface area (Å²) < 4.78 is 69.0. The molecule has 3 rings (SSSR count). The molecule has 0 radical (unpaired) electrons. The van der Waals surface area contributed by atoms with Crippen molar-refractivity contribution in [3.63, 3.8) is 0 Å². The Labute approximate surface area is 247 Å². The molecule has 0 spiro atoms. The van der Waals surface area contributed by atoms with Crippen molar-refractivity contribution in [1.82, 2.24) is 9.97 Å². The number of allylic oxidation sites excluding steroid dienone is 2. The Kier molecular flexibility index (Phi) is 10.9. The van der Waals surface area contributed by atoms with Crippen LogP contribution in [0.15, 0.2) is 77.4 Å². The quantitative estimate of drug-likeness (QED) is 0.0737. The number of alkyl halides is 3. The highest BCUT2D eigenvalue weighted by atomic mass is 32.2. The average molecular weight is 601 g/mol. The number of benzene rings is 2. The Morgan fingerprint density at radius 2 is 1.79 bits per heavy atom. The minimum absolute atomic E-state index is 0.220. The van der Waals surface area contributed by atoms with E-state index >= 15 is 0 Å². The summed E-state index contributed by atoms with van der Waals surface area (Å²) in [4.78, 5) is 8.40. The van der Waals surface area contributed by atoms with Crippen molar-refractivity contribution in [2.75, 3.05) is 11.6 Å². The van der Waals surface area contributed by atoms with Gasteiger partial charge in [0, 0.05) is 45.9 Å². The van der Waals surface area contributed by atoms with Crippen LogP contribution in [0.4, 0.5) is 27.6 Å². The van der Waals surface area contributed by atoms with Crippen molar-refractivity contribution < 1.29 is 22.0 Å². The molecule has 1 atom stereocenters. The zero-order valence-electron chi connectivity index (χ0n) is 24.0. The Morgan fingerprint density at radius 3 is 2.38 bits per heavy atom. The Hall–Kier alpha value is -3.71. The average Bonchev–Trinajstić information content (AvgIpc) is 2.97. The second-order valence-electron chi connectivity index (χ2n) is 10.3. The number of nitrogens with one attached hydrogen (secondary N) is 1. The summed E-state index contributed by atoms with van der Waals surface area (Å²) in [5, 5.41) is 13.9. The van der Waals surface area contributed by atoms with Crippen LogP contribution >= 0.6 is 11.8 Å². The van der Waals surface area contributed by atoms with Gasteiger partial charge < -0.3 is 5.32 Å². The molecular weight excluding hydrogens is 567 g/mol. The van der Waals surface area contributed by atoms with Crippen LogP contribution in [0, 0.1) is 28.4 Å². The van der Waals surface area contributed by atoms with Crippen molar-refractivity contribution in [2.24, 2.45) is 5.41 Å². The number of hydrogen-bond acceptors (Lipinski definition) is 5. The molecule has 42 heavy (non-hydrogen) atoms. The van der Waals surface area contributed by atoms with E-state index < -0.39 is 28.8 Å². The fourth-order valence-electron chi connectivity index (χ4n) is 4.80. The van der Waals surface area contributed by atoms with E-state index in [2.05, 4.69) is 27.9 Å². The molecule has 3 aromatic rings. The highest BCUT2D eigenvalue weighted by Crippen LogP contribution is 2.42. The van der Waals surface area contributed by atoms with Gasteiger partial charge in [0.25, 0.3) is 0 Å². The van der Waals surface area contributed by atoms with Crippen LogP contribution in [0.25, 0.3) is 11.1 Å². The Bertz CT molecular complexity index is 1490. The van der Waals surface area contributed by atoms with Gasteiger partial charge in [-0.25, -0.2) is 18.7 Å². The fraction of sp³-hybridized carbons (Fsp3) is 0.344. The first-order valence-electron chi connectivity index (χ1n) is 13.4. The molecule has 10 heteroatoms. The Morgan fingerprint density at radius 1 is 1.10 bits per heavy atom. The number of hydrogen-bond donors (Lipinski definition) is 1. The number of nitriles is 1. The third-order valence-electron chi connectivity index (χ3n) is 7.36. The maximum atomic E-state index is 14.4. The normalized spacial score (nSPS) is 13.6. The van der Waals surface area contributed by atoms with Gasteiger partial charge in [0.05, 0.1) is 11.6 Å². The van der Waals surface area contributed by atoms with Gasteiger partial charge in [0.2, 0.25) is 0 Å². The summed E-state index contributed by atoms with van der Waals surface area (Å²) in [5.74, 6) is -1.82. The van der Waals surface area contributed by atoms with E-state index in [1.54, 1.807) is 13.2 Å². The summed E-state index contributed by atoms with van der Waals surface area (Å²) in [5.41, 5.74) is 0.917. The van der Waals surface area contributed by atoms with Crippen LogP contribution in [0.3, 0.4) is 0 Å². The first-order chi connectivity index (χ1) is 19.8. The van der Waals surface area contributed by atoms with Crippen molar-refractivity contribution in [3.8, 4) is 17.2 Å². The molecule has 4 nitrogen and oxygen atoms in total. The second kappa shape index (κ2) is 14.0. The molecule has 0 aliphatic rings. The lowest BCUT2D eigenvalue weighted by atomic mass is 9.72. The van der Waals surface area contributed by atoms with Gasteiger partial charge in [0.1, 0.15) is 0 Å². The number of unbranched alkanes of at least 4 members (excludes halogenated alkanes) is 1. The highest BCUT2D eigenvalue weighted by Gasteiger charge is 2.33. The van der Waals surface area contributed by atoms with Crippen LogP contribution < -0.4 is 5.32 Å². The smallest absolute Gasteiger partial charge is 0.355 e. The number of thioether (sulfide) groups is 1. The number of halogens is 5. The number of rotatable bonds is 12. The topological polar surface area (TPSA) is 61.6 Å². The van der Waals surface area contributed by atoms with Crippen molar-refractivity contribution >= 4 is 17.4 Å². The SMILES string of the molecule is C=C(Nc1ccc(C(F)(F)F)cc1-c1cnc(SC)nc1)/C(C)=C(\C#N)C(C)(CCCC)CCc1cccc(F)c1F. The first kappa shape index (κ1) is 32.8. The predicted octanol–water partition coefficient (Wildman–Crippen LogP) is 9.76. The zero-order chi connectivity index (χ0) is 31.1. The summed E-state index contributed by atoms with van der Waals surface area (Å²) in [6.45, 7) is 9.77. The summed E-state index contributed by atoms with van der Waals surface area (Å²) in [7, 11) is 0. The maximum absolute atomic E-state index is 14.4. The van der Waals surface area contributed by atoms with Crippen LogP contribution in [0.5, 0.6) is 0 Å². The van der Waals surface area contributed by atoms with Crippen LogP contribution in [-0.2, 0) is 12.6 Å². The van der Waals surface area contributed by atoms with E-state index in [9.17, 15) is 27.2 Å². The molecule has 0 aliphatic carbocycles. The monoisotopic (exact) mass is 600 g/mol. The zero-order valence-corrected chi connectivity index (χ0v) is 24.8. The minimum atomic E-state index is -4.56. The van der Waals surface area contributed by atoms with Gasteiger partial charge in [-0.1, -0.05) is 57.2 Å². The Balaban J connectivity index is 2.01. The molecule has 2 aromatic carbocycles. The van der Waals surface area contributed by atoms with Crippen LogP contribution in [0.2, 0.25) is 0 Å². The van der Waals surface area contributed by atoms with E-state index in [-0.39, 0.29) is 17.5 Å². The summed E-state index contributed by atoms with van der Waals surface area (Å²) in [6.07, 6.45) is 3.04. The summed E-state index contributed by atoms with van der Waals surface area (Å²) in [6, 6.07) is 9.67. The molecule has 0 fully saturated rings. The third kappa shape index (κ3) is 7.77. The first-order valence-corrected chi connectivity index (χ1v) is 14.6. The number of anilines is 1. The van der Waals surface area contributed by atoms with Gasteiger partial charge in [-0.3, -0.25) is 0 Å². The van der Waals surface area contributed by atoms with E-state index in [0.29, 0.717) is 46.1 Å². The maximum Gasteiger partial charge on any atom is 0.416 e. The molecule has 1 heterocycles. The molecule has 0 saturated carbocycles. The molecule has 0 bridgehead atoms. The molecule has 1 N–H and O–H groups in total. The van der Waals surface area contributed by atoms with Crippen molar-refractivity contribution in [1.29, 1.82) is 5.26 Å². The molecule has 1 unspecified atom stereocenters. The number of nitrogens with zero attached hydrogens (tertiary/aromatic N) is 3. The molecule has 0 saturated heterocycles. The lowest BCUT2D eigenvalue weighted by molar-refractivity contribution is -0.137. The van der Waals surface area contributed by atoms with Gasteiger partial charge in [-0.05, 0) is 67.8 Å². The largest absolute Gasteiger partial charge is 0.416 e. The van der Waals surface area contributed by atoms with E-state index in [1.807, 2.05) is 13.8 Å². The number of aromatic nitrogens is 2. The molecule has 1 aromatic heterocycles. The third-order valence-corrected chi connectivity index (χ3v) is 7.93. The van der Waals surface area contributed by atoms with E-state index in [0.717, 1.165) is 31.0 Å². The van der Waals surface area contributed by atoms with Gasteiger partial charge >= 0.3 is 6.18 Å². The fourth-order valence-corrected chi connectivity index (χ4v) is 5.12. The van der Waals surface area contributed by atoms with Crippen LogP contribution in [0.1, 0.15) is 57.6 Å². The van der Waals surface area contributed by atoms with Crippen molar-refractivity contribution in [3.05, 3.63) is 95.0 Å². The molecule has 222 valence electrons. The highest BCUT2D eigenvalue weighted by molar-refractivity contribution is 7.98. The van der Waals surface area contributed by atoms with Crippen LogP contribution in [-0.4, -0.2) is 16.2 Å². The minimum Gasteiger partial charge on any atom is -0.355 e.